The van der Waals surface area contributed by atoms with Crippen molar-refractivity contribution in [3.63, 3.8) is 0 Å². The molecule has 2 atom stereocenters. The maximum atomic E-state index is 9.71. The van der Waals surface area contributed by atoms with E-state index in [1.165, 1.54) is 12.8 Å². The van der Waals surface area contributed by atoms with Crippen molar-refractivity contribution >= 4 is 0 Å². The number of hydrogen-bond acceptors (Lipinski definition) is 3. The molecule has 1 aliphatic rings. The Kier molecular flexibility index (Phi) is 5.91. The molecule has 2 unspecified atom stereocenters. The second-order valence-electron chi connectivity index (χ2n) is 4.49. The Labute approximate surface area is 92.7 Å². The van der Waals surface area contributed by atoms with Gasteiger partial charge >= 0.3 is 0 Å². The lowest BCUT2D eigenvalue weighted by molar-refractivity contribution is 0.0183. The lowest BCUT2D eigenvalue weighted by atomic mass is 10.0. The molecule has 1 aliphatic heterocycles. The van der Waals surface area contributed by atoms with Gasteiger partial charge in [-0.05, 0) is 25.3 Å². The zero-order valence-electron chi connectivity index (χ0n) is 9.69. The van der Waals surface area contributed by atoms with Crippen LogP contribution in [0.2, 0.25) is 0 Å². The standard InChI is InChI=1S/C12H23NO2/c1-3-7-15-10-12(14)9-13-6-4-5-11(2)8-13/h3,11-12,14H,1,4-10H2,2H3. The van der Waals surface area contributed by atoms with Crippen molar-refractivity contribution in [1.82, 2.24) is 4.90 Å². The fourth-order valence-electron chi connectivity index (χ4n) is 2.09. The smallest absolute Gasteiger partial charge is 0.0900 e. The van der Waals surface area contributed by atoms with Gasteiger partial charge in [0.25, 0.3) is 0 Å². The number of likely N-dealkylation sites (tertiary alicyclic amines) is 1. The van der Waals surface area contributed by atoms with E-state index in [0.29, 0.717) is 13.2 Å². The molecular formula is C12H23NO2. The molecule has 0 radical (unpaired) electrons. The van der Waals surface area contributed by atoms with E-state index in [0.717, 1.165) is 25.6 Å². The summed E-state index contributed by atoms with van der Waals surface area (Å²) in [7, 11) is 0. The highest BCUT2D eigenvalue weighted by Crippen LogP contribution is 2.15. The molecule has 0 aromatic carbocycles. The van der Waals surface area contributed by atoms with Crippen LogP contribution < -0.4 is 0 Å². The van der Waals surface area contributed by atoms with Crippen LogP contribution in [0.3, 0.4) is 0 Å². The van der Waals surface area contributed by atoms with Gasteiger partial charge in [0, 0.05) is 13.1 Å². The van der Waals surface area contributed by atoms with Gasteiger partial charge in [0.05, 0.1) is 19.3 Å². The van der Waals surface area contributed by atoms with Crippen LogP contribution >= 0.6 is 0 Å². The summed E-state index contributed by atoms with van der Waals surface area (Å²) < 4.78 is 5.22. The Morgan fingerprint density at radius 1 is 1.67 bits per heavy atom. The largest absolute Gasteiger partial charge is 0.389 e. The third-order valence-corrected chi connectivity index (χ3v) is 2.76. The molecule has 0 spiro atoms. The number of aliphatic hydroxyl groups is 1. The van der Waals surface area contributed by atoms with Gasteiger partial charge in [-0.3, -0.25) is 0 Å². The molecule has 1 heterocycles. The first-order chi connectivity index (χ1) is 7.22. The lowest BCUT2D eigenvalue weighted by Crippen LogP contribution is -2.40. The predicted molar refractivity (Wildman–Crippen MR) is 61.9 cm³/mol. The van der Waals surface area contributed by atoms with Gasteiger partial charge in [0.1, 0.15) is 0 Å². The van der Waals surface area contributed by atoms with Crippen molar-refractivity contribution in [3.8, 4) is 0 Å². The van der Waals surface area contributed by atoms with Gasteiger partial charge in [-0.25, -0.2) is 0 Å². The van der Waals surface area contributed by atoms with Gasteiger partial charge in [-0.1, -0.05) is 13.0 Å². The minimum Gasteiger partial charge on any atom is -0.389 e. The topological polar surface area (TPSA) is 32.7 Å². The first-order valence-electron chi connectivity index (χ1n) is 5.81. The van der Waals surface area contributed by atoms with Crippen LogP contribution in [0.1, 0.15) is 19.8 Å². The molecule has 0 aromatic heterocycles. The number of rotatable bonds is 6. The maximum absolute atomic E-state index is 9.71. The third-order valence-electron chi connectivity index (χ3n) is 2.76. The van der Waals surface area contributed by atoms with E-state index in [-0.39, 0.29) is 6.10 Å². The molecule has 3 nitrogen and oxygen atoms in total. The number of piperidine rings is 1. The summed E-state index contributed by atoms with van der Waals surface area (Å²) in [5.41, 5.74) is 0. The van der Waals surface area contributed by atoms with Gasteiger partial charge in [0.15, 0.2) is 0 Å². The summed E-state index contributed by atoms with van der Waals surface area (Å²) in [6.45, 7) is 9.73. The summed E-state index contributed by atoms with van der Waals surface area (Å²) in [6, 6.07) is 0. The molecule has 1 saturated heterocycles. The molecule has 0 saturated carbocycles. The molecule has 0 amide bonds. The van der Waals surface area contributed by atoms with Crippen LogP contribution in [0.15, 0.2) is 12.7 Å². The Hall–Kier alpha value is -0.380. The highest BCUT2D eigenvalue weighted by Gasteiger charge is 2.18. The Morgan fingerprint density at radius 2 is 2.47 bits per heavy atom. The molecule has 3 heteroatoms. The average Bonchev–Trinajstić information content (AvgIpc) is 2.18. The van der Waals surface area contributed by atoms with E-state index in [1.807, 2.05) is 0 Å². The first-order valence-corrected chi connectivity index (χ1v) is 5.81. The lowest BCUT2D eigenvalue weighted by Gasteiger charge is -2.32. The van der Waals surface area contributed by atoms with E-state index in [4.69, 9.17) is 4.74 Å². The van der Waals surface area contributed by atoms with Crippen molar-refractivity contribution in [3.05, 3.63) is 12.7 Å². The van der Waals surface area contributed by atoms with Crippen molar-refractivity contribution < 1.29 is 9.84 Å². The van der Waals surface area contributed by atoms with Gasteiger partial charge < -0.3 is 14.7 Å². The number of β-amino-alcohol motifs (C(OH)–C–C–N with tert-alkyl or cyclic N) is 1. The highest BCUT2D eigenvalue weighted by atomic mass is 16.5. The van der Waals surface area contributed by atoms with E-state index in [9.17, 15) is 5.11 Å². The minimum absolute atomic E-state index is 0.366. The second-order valence-corrected chi connectivity index (χ2v) is 4.49. The minimum atomic E-state index is -0.366. The first kappa shape index (κ1) is 12.7. The Morgan fingerprint density at radius 3 is 3.13 bits per heavy atom. The molecule has 0 bridgehead atoms. The fourth-order valence-corrected chi connectivity index (χ4v) is 2.09. The van der Waals surface area contributed by atoms with Crippen LogP contribution in [-0.4, -0.2) is 49.0 Å². The average molecular weight is 213 g/mol. The number of aliphatic hydroxyl groups excluding tert-OH is 1. The maximum Gasteiger partial charge on any atom is 0.0900 e. The molecule has 88 valence electrons. The zero-order valence-corrected chi connectivity index (χ0v) is 9.69. The molecule has 0 aliphatic carbocycles. The molecular weight excluding hydrogens is 190 g/mol. The quantitative estimate of drug-likeness (QED) is 0.533. The number of hydrogen-bond donors (Lipinski definition) is 1. The Bertz CT molecular complexity index is 184. The summed E-state index contributed by atoms with van der Waals surface area (Å²) in [4.78, 5) is 2.33. The summed E-state index contributed by atoms with van der Waals surface area (Å²) in [5, 5.41) is 9.71. The van der Waals surface area contributed by atoms with Crippen LogP contribution in [0, 0.1) is 5.92 Å². The van der Waals surface area contributed by atoms with Gasteiger partial charge in [-0.2, -0.15) is 0 Å². The third kappa shape index (κ3) is 5.30. The molecule has 1 fully saturated rings. The molecule has 1 rings (SSSR count). The summed E-state index contributed by atoms with van der Waals surface area (Å²) >= 11 is 0. The molecule has 1 N–H and O–H groups in total. The van der Waals surface area contributed by atoms with Gasteiger partial charge in [0.2, 0.25) is 0 Å². The Balaban J connectivity index is 2.13. The van der Waals surface area contributed by atoms with Crippen LogP contribution in [0.5, 0.6) is 0 Å². The molecule has 0 aromatic rings. The SMILES string of the molecule is C=CCOCC(O)CN1CCCC(C)C1. The fraction of sp³-hybridized carbons (Fsp3) is 0.833. The predicted octanol–water partition coefficient (Wildman–Crippen LogP) is 1.28. The number of ether oxygens (including phenoxy) is 1. The highest BCUT2D eigenvalue weighted by molar-refractivity contribution is 4.73. The van der Waals surface area contributed by atoms with Gasteiger partial charge in [-0.15, -0.1) is 6.58 Å². The second kappa shape index (κ2) is 6.99. The van der Waals surface area contributed by atoms with Crippen molar-refractivity contribution in [2.45, 2.75) is 25.9 Å². The normalized spacial score (nSPS) is 25.1. The van der Waals surface area contributed by atoms with Crippen LogP contribution in [0.25, 0.3) is 0 Å². The van der Waals surface area contributed by atoms with Crippen LogP contribution in [0.4, 0.5) is 0 Å². The van der Waals surface area contributed by atoms with Crippen molar-refractivity contribution in [2.24, 2.45) is 5.92 Å². The van der Waals surface area contributed by atoms with Crippen molar-refractivity contribution in [2.75, 3.05) is 32.8 Å². The van der Waals surface area contributed by atoms with E-state index < -0.39 is 0 Å². The number of nitrogens with zero attached hydrogens (tertiary/aromatic N) is 1. The summed E-state index contributed by atoms with van der Waals surface area (Å²) in [6.07, 6.45) is 3.91. The van der Waals surface area contributed by atoms with Crippen LogP contribution in [-0.2, 0) is 4.74 Å². The molecule has 15 heavy (non-hydrogen) atoms. The zero-order chi connectivity index (χ0) is 11.1. The monoisotopic (exact) mass is 213 g/mol. The van der Waals surface area contributed by atoms with Crippen molar-refractivity contribution in [1.29, 1.82) is 0 Å². The van der Waals surface area contributed by atoms with E-state index >= 15 is 0 Å². The van der Waals surface area contributed by atoms with E-state index in [2.05, 4.69) is 18.4 Å². The summed E-state index contributed by atoms with van der Waals surface area (Å²) in [5.74, 6) is 0.764. The van der Waals surface area contributed by atoms with E-state index in [1.54, 1.807) is 6.08 Å².